The average Bonchev–Trinajstić information content (AvgIpc) is 2.73. The van der Waals surface area contributed by atoms with E-state index in [0.29, 0.717) is 12.2 Å². The van der Waals surface area contributed by atoms with Crippen molar-refractivity contribution >= 4 is 5.97 Å². The number of hydrogen-bond acceptors (Lipinski definition) is 4. The van der Waals surface area contributed by atoms with Crippen LogP contribution in [0.3, 0.4) is 0 Å². The smallest absolute Gasteiger partial charge is 0.338 e. The molecule has 1 aromatic rings. The van der Waals surface area contributed by atoms with Gasteiger partial charge < -0.3 is 9.47 Å². The Kier molecular flexibility index (Phi) is 9.34. The summed E-state index contributed by atoms with van der Waals surface area (Å²) in [7, 11) is 0. The molecule has 1 saturated carbocycles. The van der Waals surface area contributed by atoms with Crippen LogP contribution < -0.4 is 4.74 Å². The maximum Gasteiger partial charge on any atom is 0.338 e. The molecule has 0 N–H and O–H groups in total. The number of nitrogens with zero attached hydrogens (tertiary/aromatic N) is 1. The summed E-state index contributed by atoms with van der Waals surface area (Å²) < 4.78 is 11.3. The standard InChI is InChI=1S/C24H35NO3/c1-3-5-7-8-15-24(19-25)16-13-22(14-17-24)28-23(26)20-9-11-21(12-10-20)27-18-6-4-2/h9-12,22H,3-8,13-18H2,1-2H3. The van der Waals surface area contributed by atoms with Crippen molar-refractivity contribution in [1.82, 2.24) is 0 Å². The number of ether oxygens (including phenoxy) is 2. The Morgan fingerprint density at radius 3 is 2.36 bits per heavy atom. The van der Waals surface area contributed by atoms with Crippen molar-refractivity contribution in [1.29, 1.82) is 5.26 Å². The molecule has 1 aliphatic rings. The molecule has 1 aliphatic carbocycles. The quantitative estimate of drug-likeness (QED) is 0.324. The third kappa shape index (κ3) is 6.86. The van der Waals surface area contributed by atoms with Crippen LogP contribution in [0.25, 0.3) is 0 Å². The second kappa shape index (κ2) is 11.7. The molecule has 0 spiro atoms. The van der Waals surface area contributed by atoms with Gasteiger partial charge in [0.15, 0.2) is 0 Å². The molecular weight excluding hydrogens is 350 g/mol. The zero-order valence-electron chi connectivity index (χ0n) is 17.5. The van der Waals surface area contributed by atoms with E-state index in [2.05, 4.69) is 19.9 Å². The topological polar surface area (TPSA) is 59.3 Å². The Morgan fingerprint density at radius 2 is 1.75 bits per heavy atom. The summed E-state index contributed by atoms with van der Waals surface area (Å²) in [5.74, 6) is 0.502. The first kappa shape index (κ1) is 22.3. The summed E-state index contributed by atoms with van der Waals surface area (Å²) in [6.45, 7) is 5.02. The number of hydrogen-bond donors (Lipinski definition) is 0. The lowest BCUT2D eigenvalue weighted by Crippen LogP contribution is -2.31. The van der Waals surface area contributed by atoms with Gasteiger partial charge in [-0.15, -0.1) is 0 Å². The van der Waals surface area contributed by atoms with E-state index in [1.165, 1.54) is 19.3 Å². The Balaban J connectivity index is 1.78. The van der Waals surface area contributed by atoms with Crippen molar-refractivity contribution in [3.05, 3.63) is 29.8 Å². The molecule has 0 unspecified atom stereocenters. The molecular formula is C24H35NO3. The molecule has 1 aromatic carbocycles. The fourth-order valence-electron chi connectivity index (χ4n) is 3.81. The van der Waals surface area contributed by atoms with Gasteiger partial charge in [0, 0.05) is 0 Å². The normalized spacial score (nSPS) is 21.7. The van der Waals surface area contributed by atoms with Gasteiger partial charge in [0.05, 0.1) is 23.7 Å². The van der Waals surface area contributed by atoms with Crippen LogP contribution in [0.2, 0.25) is 0 Å². The molecule has 0 heterocycles. The van der Waals surface area contributed by atoms with Crippen molar-refractivity contribution in [3.63, 3.8) is 0 Å². The molecule has 4 nitrogen and oxygen atoms in total. The van der Waals surface area contributed by atoms with E-state index in [-0.39, 0.29) is 17.5 Å². The fourth-order valence-corrected chi connectivity index (χ4v) is 3.81. The molecule has 4 heteroatoms. The molecule has 0 atom stereocenters. The van der Waals surface area contributed by atoms with Crippen LogP contribution in [0.15, 0.2) is 24.3 Å². The fraction of sp³-hybridized carbons (Fsp3) is 0.667. The highest BCUT2D eigenvalue weighted by Crippen LogP contribution is 2.41. The van der Waals surface area contributed by atoms with Crippen LogP contribution in [-0.2, 0) is 4.74 Å². The molecule has 2 rings (SSSR count). The van der Waals surface area contributed by atoms with E-state index in [0.717, 1.165) is 57.1 Å². The predicted octanol–water partition coefficient (Wildman–Crippen LogP) is 6.45. The summed E-state index contributed by atoms with van der Waals surface area (Å²) in [6, 6.07) is 9.75. The first-order chi connectivity index (χ1) is 13.6. The second-order valence-corrected chi connectivity index (χ2v) is 8.03. The van der Waals surface area contributed by atoms with Crippen LogP contribution in [0.4, 0.5) is 0 Å². The Bertz CT molecular complexity index is 624. The third-order valence-electron chi connectivity index (χ3n) is 5.77. The molecule has 0 aromatic heterocycles. The van der Waals surface area contributed by atoms with E-state index in [9.17, 15) is 10.1 Å². The number of nitriles is 1. The minimum atomic E-state index is -0.280. The van der Waals surface area contributed by atoms with Gasteiger partial charge in [0.25, 0.3) is 0 Å². The van der Waals surface area contributed by atoms with E-state index in [4.69, 9.17) is 9.47 Å². The molecule has 154 valence electrons. The monoisotopic (exact) mass is 385 g/mol. The molecule has 0 aliphatic heterocycles. The van der Waals surface area contributed by atoms with Gasteiger partial charge in [-0.05, 0) is 62.8 Å². The first-order valence-corrected chi connectivity index (χ1v) is 11.0. The Hall–Kier alpha value is -2.02. The molecule has 0 radical (unpaired) electrons. The van der Waals surface area contributed by atoms with Crippen molar-refractivity contribution in [2.75, 3.05) is 6.61 Å². The molecule has 0 amide bonds. The predicted molar refractivity (Wildman–Crippen MR) is 111 cm³/mol. The minimum Gasteiger partial charge on any atom is -0.494 e. The van der Waals surface area contributed by atoms with Gasteiger partial charge in [-0.25, -0.2) is 4.79 Å². The first-order valence-electron chi connectivity index (χ1n) is 11.0. The zero-order valence-corrected chi connectivity index (χ0v) is 17.5. The number of unbranched alkanes of at least 4 members (excludes halogenated alkanes) is 4. The van der Waals surface area contributed by atoms with E-state index in [1.807, 2.05) is 12.1 Å². The number of carbonyl (C=O) groups is 1. The highest BCUT2D eigenvalue weighted by atomic mass is 16.5. The van der Waals surface area contributed by atoms with Gasteiger partial charge in [0.1, 0.15) is 11.9 Å². The van der Waals surface area contributed by atoms with Crippen LogP contribution in [0, 0.1) is 16.7 Å². The second-order valence-electron chi connectivity index (χ2n) is 8.03. The SMILES string of the molecule is CCCCCCC1(C#N)CCC(OC(=O)c2ccc(OCCCC)cc2)CC1. The van der Waals surface area contributed by atoms with E-state index < -0.39 is 0 Å². The Labute approximate surface area is 170 Å². The lowest BCUT2D eigenvalue weighted by atomic mass is 9.71. The van der Waals surface area contributed by atoms with Gasteiger partial charge >= 0.3 is 5.97 Å². The van der Waals surface area contributed by atoms with Gasteiger partial charge in [-0.2, -0.15) is 5.26 Å². The largest absolute Gasteiger partial charge is 0.494 e. The summed E-state index contributed by atoms with van der Waals surface area (Å²) in [6.07, 6.45) is 11.0. The average molecular weight is 386 g/mol. The highest BCUT2D eigenvalue weighted by Gasteiger charge is 2.36. The van der Waals surface area contributed by atoms with Gasteiger partial charge in [-0.1, -0.05) is 46.0 Å². The molecule has 28 heavy (non-hydrogen) atoms. The maximum absolute atomic E-state index is 12.4. The summed E-state index contributed by atoms with van der Waals surface area (Å²) in [4.78, 5) is 12.4. The number of esters is 1. The highest BCUT2D eigenvalue weighted by molar-refractivity contribution is 5.89. The minimum absolute atomic E-state index is 0.0786. The third-order valence-corrected chi connectivity index (χ3v) is 5.77. The van der Waals surface area contributed by atoms with E-state index in [1.54, 1.807) is 12.1 Å². The van der Waals surface area contributed by atoms with E-state index >= 15 is 0 Å². The number of benzene rings is 1. The summed E-state index contributed by atoms with van der Waals surface area (Å²) >= 11 is 0. The van der Waals surface area contributed by atoms with Crippen LogP contribution in [-0.4, -0.2) is 18.7 Å². The van der Waals surface area contributed by atoms with Crippen LogP contribution in [0.1, 0.15) is 94.8 Å². The Morgan fingerprint density at radius 1 is 1.07 bits per heavy atom. The molecule has 0 bridgehead atoms. The van der Waals surface area contributed by atoms with Crippen molar-refractivity contribution in [2.24, 2.45) is 5.41 Å². The number of carbonyl (C=O) groups excluding carboxylic acids is 1. The van der Waals surface area contributed by atoms with Crippen molar-refractivity contribution < 1.29 is 14.3 Å². The summed E-state index contributed by atoms with van der Waals surface area (Å²) in [5, 5.41) is 9.68. The molecule has 0 saturated heterocycles. The van der Waals surface area contributed by atoms with Crippen molar-refractivity contribution in [2.45, 2.75) is 90.6 Å². The number of rotatable bonds is 11. The van der Waals surface area contributed by atoms with Gasteiger partial charge in [0.2, 0.25) is 0 Å². The lowest BCUT2D eigenvalue weighted by Gasteiger charge is -2.34. The van der Waals surface area contributed by atoms with Crippen LogP contribution >= 0.6 is 0 Å². The van der Waals surface area contributed by atoms with Crippen molar-refractivity contribution in [3.8, 4) is 11.8 Å². The van der Waals surface area contributed by atoms with Gasteiger partial charge in [-0.3, -0.25) is 0 Å². The zero-order chi connectivity index (χ0) is 20.2. The summed E-state index contributed by atoms with van der Waals surface area (Å²) in [5.41, 5.74) is 0.341. The molecule has 1 fully saturated rings. The maximum atomic E-state index is 12.4. The van der Waals surface area contributed by atoms with Crippen LogP contribution in [0.5, 0.6) is 5.75 Å². The lowest BCUT2D eigenvalue weighted by molar-refractivity contribution is 0.0105.